The number of halogens is 3. The second-order valence-electron chi connectivity index (χ2n) is 7.14. The van der Waals surface area contributed by atoms with E-state index < -0.39 is 27.7 Å². The first-order chi connectivity index (χ1) is 14.0. The third-order valence-electron chi connectivity index (χ3n) is 4.57. The van der Waals surface area contributed by atoms with E-state index in [4.69, 9.17) is 4.74 Å². The minimum absolute atomic E-state index is 0.0165. The smallest absolute Gasteiger partial charge is 0.373 e. The molecule has 0 radical (unpaired) electrons. The zero-order valence-electron chi connectivity index (χ0n) is 16.3. The quantitative estimate of drug-likeness (QED) is 0.783. The molecule has 1 fully saturated rings. The first kappa shape index (κ1) is 22.3. The van der Waals surface area contributed by atoms with Gasteiger partial charge in [0.15, 0.2) is 0 Å². The van der Waals surface area contributed by atoms with Crippen LogP contribution >= 0.6 is 0 Å². The summed E-state index contributed by atoms with van der Waals surface area (Å²) in [6.45, 7) is 3.93. The van der Waals surface area contributed by atoms with Gasteiger partial charge in [0.05, 0.1) is 22.7 Å². The molecule has 30 heavy (non-hydrogen) atoms. The van der Waals surface area contributed by atoms with Crippen molar-refractivity contribution in [1.29, 1.82) is 0 Å². The highest BCUT2D eigenvalue weighted by Crippen LogP contribution is 2.31. The number of amides is 1. The van der Waals surface area contributed by atoms with Crippen LogP contribution in [0.15, 0.2) is 53.4 Å². The molecule has 2 aromatic carbocycles. The Balaban J connectivity index is 1.82. The zero-order chi connectivity index (χ0) is 22.1. The molecule has 1 saturated heterocycles. The fourth-order valence-corrected chi connectivity index (χ4v) is 4.89. The molecule has 1 heterocycles. The Hall–Kier alpha value is -2.43. The van der Waals surface area contributed by atoms with E-state index in [-0.39, 0.29) is 41.4 Å². The van der Waals surface area contributed by atoms with Gasteiger partial charge in [-0.25, -0.2) is 8.42 Å². The zero-order valence-corrected chi connectivity index (χ0v) is 17.1. The third-order valence-corrected chi connectivity index (χ3v) is 6.40. The van der Waals surface area contributed by atoms with Crippen LogP contribution in [0.25, 0.3) is 0 Å². The number of alkyl halides is 3. The lowest BCUT2D eigenvalue weighted by Gasteiger charge is -2.34. The number of nitrogens with zero attached hydrogens (tertiary/aromatic N) is 1. The Morgan fingerprint density at radius 2 is 1.70 bits per heavy atom. The number of carbonyl (C=O) groups is 1. The summed E-state index contributed by atoms with van der Waals surface area (Å²) in [4.78, 5) is 12.4. The van der Waals surface area contributed by atoms with E-state index in [9.17, 15) is 26.4 Å². The van der Waals surface area contributed by atoms with Crippen molar-refractivity contribution in [3.8, 4) is 0 Å². The maximum absolute atomic E-state index is 13.0. The van der Waals surface area contributed by atoms with Crippen molar-refractivity contribution in [2.75, 3.05) is 18.4 Å². The number of sulfonamides is 1. The summed E-state index contributed by atoms with van der Waals surface area (Å²) in [5.74, 6) is -0.713. The second kappa shape index (κ2) is 8.37. The van der Waals surface area contributed by atoms with Crippen LogP contribution in [0.5, 0.6) is 0 Å². The maximum Gasteiger partial charge on any atom is 0.416 e. The van der Waals surface area contributed by atoms with Crippen LogP contribution in [0, 0.1) is 0 Å². The summed E-state index contributed by atoms with van der Waals surface area (Å²) in [5, 5.41) is 2.38. The molecule has 1 N–H and O–H groups in total. The Morgan fingerprint density at radius 1 is 1.07 bits per heavy atom. The van der Waals surface area contributed by atoms with Crippen molar-refractivity contribution in [2.24, 2.45) is 0 Å². The van der Waals surface area contributed by atoms with Crippen LogP contribution in [-0.4, -0.2) is 43.9 Å². The van der Waals surface area contributed by atoms with Crippen LogP contribution in [0.2, 0.25) is 0 Å². The van der Waals surface area contributed by atoms with E-state index in [1.54, 1.807) is 13.8 Å². The molecule has 0 aromatic heterocycles. The lowest BCUT2D eigenvalue weighted by molar-refractivity contribution is -0.137. The van der Waals surface area contributed by atoms with Crippen LogP contribution in [-0.2, 0) is 20.9 Å². The summed E-state index contributed by atoms with van der Waals surface area (Å²) in [7, 11) is -3.86. The summed E-state index contributed by atoms with van der Waals surface area (Å²) < 4.78 is 71.4. The molecule has 2 atom stereocenters. The second-order valence-corrected chi connectivity index (χ2v) is 9.08. The number of hydrogen-bond donors (Lipinski definition) is 1. The molecule has 1 aliphatic heterocycles. The first-order valence-corrected chi connectivity index (χ1v) is 10.6. The highest BCUT2D eigenvalue weighted by molar-refractivity contribution is 7.89. The molecule has 0 saturated carbocycles. The summed E-state index contributed by atoms with van der Waals surface area (Å²) in [5.41, 5.74) is -0.922. The average Bonchev–Trinajstić information content (AvgIpc) is 2.67. The van der Waals surface area contributed by atoms with Crippen molar-refractivity contribution in [3.63, 3.8) is 0 Å². The van der Waals surface area contributed by atoms with E-state index in [0.29, 0.717) is 0 Å². The Kier molecular flexibility index (Phi) is 6.21. The molecule has 2 unspecified atom stereocenters. The standard InChI is InChI=1S/C20H21F3N2O4S/c1-13-11-25(12-14(2)29-13)30(27,28)18-8-3-5-15(9-18)19(26)24-17-7-4-6-16(10-17)20(21,22)23/h3-10,13-14H,11-12H2,1-2H3,(H,24,26). The van der Waals surface area contributed by atoms with Gasteiger partial charge in [-0.3, -0.25) is 4.79 Å². The van der Waals surface area contributed by atoms with Gasteiger partial charge in [-0.1, -0.05) is 12.1 Å². The number of ether oxygens (including phenoxy) is 1. The number of rotatable bonds is 4. The SMILES string of the molecule is CC1CN(S(=O)(=O)c2cccc(C(=O)Nc3cccc(C(F)(F)F)c3)c2)CC(C)O1. The number of hydrogen-bond acceptors (Lipinski definition) is 4. The molecule has 6 nitrogen and oxygen atoms in total. The van der Waals surface area contributed by atoms with Gasteiger partial charge in [-0.2, -0.15) is 17.5 Å². The fourth-order valence-electron chi connectivity index (χ4n) is 3.25. The van der Waals surface area contributed by atoms with E-state index in [1.807, 2.05) is 0 Å². The van der Waals surface area contributed by atoms with Gasteiger partial charge in [0, 0.05) is 24.3 Å². The highest BCUT2D eigenvalue weighted by atomic mass is 32.2. The topological polar surface area (TPSA) is 75.7 Å². The monoisotopic (exact) mass is 442 g/mol. The molecule has 3 rings (SSSR count). The predicted molar refractivity (Wildman–Crippen MR) is 105 cm³/mol. The third kappa shape index (κ3) is 5.00. The predicted octanol–water partition coefficient (Wildman–Crippen LogP) is 3.76. The minimum Gasteiger partial charge on any atom is -0.373 e. The molecule has 1 aliphatic rings. The average molecular weight is 442 g/mol. The summed E-state index contributed by atoms with van der Waals surface area (Å²) >= 11 is 0. The van der Waals surface area contributed by atoms with Crippen LogP contribution in [0.1, 0.15) is 29.8 Å². The molecular formula is C20H21F3N2O4S. The molecular weight excluding hydrogens is 421 g/mol. The molecule has 0 bridgehead atoms. The molecule has 0 aliphatic carbocycles. The number of benzene rings is 2. The molecule has 0 spiro atoms. The fraction of sp³-hybridized carbons (Fsp3) is 0.350. The van der Waals surface area contributed by atoms with Crippen LogP contribution < -0.4 is 5.32 Å². The van der Waals surface area contributed by atoms with Gasteiger partial charge in [0.1, 0.15) is 0 Å². The number of anilines is 1. The summed E-state index contributed by atoms with van der Waals surface area (Å²) in [6.07, 6.45) is -5.08. The molecule has 10 heteroatoms. The lowest BCUT2D eigenvalue weighted by atomic mass is 10.1. The van der Waals surface area contributed by atoms with Gasteiger partial charge in [-0.05, 0) is 50.2 Å². The molecule has 2 aromatic rings. The van der Waals surface area contributed by atoms with Crippen molar-refractivity contribution >= 4 is 21.6 Å². The van der Waals surface area contributed by atoms with E-state index in [1.165, 1.54) is 40.7 Å². The van der Waals surface area contributed by atoms with E-state index in [2.05, 4.69) is 5.32 Å². The minimum atomic E-state index is -4.54. The maximum atomic E-state index is 13.0. The Morgan fingerprint density at radius 3 is 2.33 bits per heavy atom. The lowest BCUT2D eigenvalue weighted by Crippen LogP contribution is -2.48. The van der Waals surface area contributed by atoms with Crippen molar-refractivity contribution < 1.29 is 31.1 Å². The van der Waals surface area contributed by atoms with Gasteiger partial charge in [-0.15, -0.1) is 0 Å². The van der Waals surface area contributed by atoms with Gasteiger partial charge in [0.25, 0.3) is 5.91 Å². The molecule has 1 amide bonds. The largest absolute Gasteiger partial charge is 0.416 e. The van der Waals surface area contributed by atoms with Crippen molar-refractivity contribution in [2.45, 2.75) is 37.1 Å². The van der Waals surface area contributed by atoms with E-state index in [0.717, 1.165) is 12.1 Å². The molecule has 162 valence electrons. The van der Waals surface area contributed by atoms with Crippen molar-refractivity contribution in [3.05, 3.63) is 59.7 Å². The van der Waals surface area contributed by atoms with E-state index >= 15 is 0 Å². The van der Waals surface area contributed by atoms with Crippen LogP contribution in [0.3, 0.4) is 0 Å². The normalized spacial score (nSPS) is 20.7. The van der Waals surface area contributed by atoms with Gasteiger partial charge < -0.3 is 10.1 Å². The number of morpholine rings is 1. The van der Waals surface area contributed by atoms with Gasteiger partial charge in [0.2, 0.25) is 10.0 Å². The highest BCUT2D eigenvalue weighted by Gasteiger charge is 2.33. The van der Waals surface area contributed by atoms with Gasteiger partial charge >= 0.3 is 6.18 Å². The number of carbonyl (C=O) groups excluding carboxylic acids is 1. The Labute approximate surface area is 172 Å². The summed E-state index contributed by atoms with van der Waals surface area (Å²) in [6, 6.07) is 9.62. The number of nitrogens with one attached hydrogen (secondary N) is 1. The van der Waals surface area contributed by atoms with Crippen molar-refractivity contribution in [1.82, 2.24) is 4.31 Å². The first-order valence-electron chi connectivity index (χ1n) is 9.21. The van der Waals surface area contributed by atoms with Crippen LogP contribution in [0.4, 0.5) is 18.9 Å². The Bertz CT molecular complexity index is 1030.